The maximum absolute atomic E-state index is 12.3. The highest BCUT2D eigenvalue weighted by Crippen LogP contribution is 2.29. The highest BCUT2D eigenvalue weighted by Gasteiger charge is 2.28. The van der Waals surface area contributed by atoms with E-state index >= 15 is 0 Å². The van der Waals surface area contributed by atoms with E-state index in [1.807, 2.05) is 0 Å². The van der Waals surface area contributed by atoms with E-state index < -0.39 is 28.3 Å². The molecule has 0 heterocycles. The second-order valence-electron chi connectivity index (χ2n) is 5.48. The van der Waals surface area contributed by atoms with Gasteiger partial charge in [0.15, 0.2) is 6.61 Å². The van der Waals surface area contributed by atoms with E-state index in [4.69, 9.17) is 9.84 Å². The molecular formula is C17H15F3O5S. The topological polar surface area (TPSA) is 72.8 Å². The number of hydrogen-bond acceptors (Lipinski definition) is 4. The maximum atomic E-state index is 12.3. The van der Waals surface area contributed by atoms with Gasteiger partial charge in [0, 0.05) is 17.2 Å². The SMILES string of the molecule is C=S(C)(=O)c1ccc(Oc2cc(OCC(F)(F)F)cc(C(=O)O)c2)cc1. The highest BCUT2D eigenvalue weighted by atomic mass is 32.2. The number of carboxylic acid groups (broad SMARTS) is 1. The molecule has 1 N–H and O–H groups in total. The van der Waals surface area contributed by atoms with Crippen molar-refractivity contribution in [3.8, 4) is 17.2 Å². The van der Waals surface area contributed by atoms with Gasteiger partial charge in [-0.25, -0.2) is 4.79 Å². The number of benzene rings is 2. The first-order valence-corrected chi connectivity index (χ1v) is 9.26. The lowest BCUT2D eigenvalue weighted by molar-refractivity contribution is -0.153. The highest BCUT2D eigenvalue weighted by molar-refractivity contribution is 7.99. The first kappa shape index (κ1) is 19.6. The minimum atomic E-state index is -4.56. The van der Waals surface area contributed by atoms with Gasteiger partial charge >= 0.3 is 12.1 Å². The molecule has 0 saturated heterocycles. The van der Waals surface area contributed by atoms with Gasteiger partial charge in [0.1, 0.15) is 17.2 Å². The molecule has 5 nitrogen and oxygen atoms in total. The number of alkyl halides is 3. The van der Waals surface area contributed by atoms with Crippen molar-refractivity contribution in [1.82, 2.24) is 0 Å². The van der Waals surface area contributed by atoms with Gasteiger partial charge in [-0.15, -0.1) is 0 Å². The molecule has 0 aliphatic heterocycles. The van der Waals surface area contributed by atoms with Crippen molar-refractivity contribution in [2.24, 2.45) is 0 Å². The molecule has 0 aliphatic carbocycles. The summed E-state index contributed by atoms with van der Waals surface area (Å²) in [7, 11) is -2.40. The van der Waals surface area contributed by atoms with Crippen LogP contribution in [-0.4, -0.2) is 40.2 Å². The average molecular weight is 388 g/mol. The lowest BCUT2D eigenvalue weighted by atomic mass is 10.2. The number of ether oxygens (including phenoxy) is 2. The third-order valence-corrected chi connectivity index (χ3v) is 4.36. The van der Waals surface area contributed by atoms with Gasteiger partial charge in [-0.2, -0.15) is 13.2 Å². The average Bonchev–Trinajstić information content (AvgIpc) is 2.52. The van der Waals surface area contributed by atoms with Gasteiger partial charge in [0.05, 0.1) is 5.56 Å². The smallest absolute Gasteiger partial charge is 0.422 e. The zero-order valence-electron chi connectivity index (χ0n) is 13.6. The first-order chi connectivity index (χ1) is 11.9. The van der Waals surface area contributed by atoms with Crippen LogP contribution >= 0.6 is 0 Å². The van der Waals surface area contributed by atoms with Crippen LogP contribution in [0.1, 0.15) is 10.4 Å². The fourth-order valence-corrected chi connectivity index (χ4v) is 2.65. The van der Waals surface area contributed by atoms with Crippen LogP contribution in [-0.2, 0) is 9.52 Å². The number of halogens is 3. The zero-order chi connectivity index (χ0) is 19.5. The van der Waals surface area contributed by atoms with Crippen LogP contribution in [0.15, 0.2) is 47.4 Å². The molecule has 0 aromatic heterocycles. The van der Waals surface area contributed by atoms with Crippen LogP contribution in [0.2, 0.25) is 0 Å². The summed E-state index contributed by atoms with van der Waals surface area (Å²) < 4.78 is 58.8. The zero-order valence-corrected chi connectivity index (χ0v) is 14.4. The van der Waals surface area contributed by atoms with Crippen molar-refractivity contribution in [1.29, 1.82) is 0 Å². The number of carboxylic acids is 1. The van der Waals surface area contributed by atoms with E-state index in [0.29, 0.717) is 4.90 Å². The quantitative estimate of drug-likeness (QED) is 0.762. The standard InChI is InChI=1S/C17H15F3O5S/c1-26(2,23)15-5-3-12(4-6-15)25-14-8-11(16(21)22)7-13(9-14)24-10-17(18,19)20/h3-9H,1,10H2,2H3,(H,21,22). The van der Waals surface area contributed by atoms with Gasteiger partial charge < -0.3 is 14.6 Å². The molecule has 2 rings (SSSR count). The summed E-state index contributed by atoms with van der Waals surface area (Å²) >= 11 is 0. The molecule has 0 saturated carbocycles. The van der Waals surface area contributed by atoms with Crippen LogP contribution in [0, 0.1) is 0 Å². The number of rotatable bonds is 6. The Bertz CT molecular complexity index is 903. The molecule has 0 fully saturated rings. The van der Waals surface area contributed by atoms with Gasteiger partial charge in [-0.05, 0) is 51.8 Å². The summed E-state index contributed by atoms with van der Waals surface area (Å²) in [4.78, 5) is 11.6. The Kier molecular flexibility index (Phi) is 5.50. The molecule has 0 radical (unpaired) electrons. The molecule has 26 heavy (non-hydrogen) atoms. The minimum absolute atomic E-state index is 0.0123. The van der Waals surface area contributed by atoms with E-state index in [2.05, 4.69) is 10.6 Å². The minimum Gasteiger partial charge on any atom is -0.484 e. The summed E-state index contributed by atoms with van der Waals surface area (Å²) in [6.45, 7) is -1.56. The van der Waals surface area contributed by atoms with E-state index in [1.54, 1.807) is 0 Å². The van der Waals surface area contributed by atoms with Gasteiger partial charge in [-0.3, -0.25) is 4.21 Å². The molecule has 0 amide bonds. The van der Waals surface area contributed by atoms with E-state index in [-0.39, 0.29) is 22.8 Å². The van der Waals surface area contributed by atoms with Crippen LogP contribution < -0.4 is 9.47 Å². The molecule has 1 atom stereocenters. The molecular weight excluding hydrogens is 373 g/mol. The van der Waals surface area contributed by atoms with Crippen molar-refractivity contribution in [2.75, 3.05) is 12.9 Å². The molecule has 0 spiro atoms. The van der Waals surface area contributed by atoms with Gasteiger partial charge in [0.2, 0.25) is 0 Å². The Morgan fingerprint density at radius 1 is 1.12 bits per heavy atom. The predicted molar refractivity (Wildman–Crippen MR) is 90.9 cm³/mol. The van der Waals surface area contributed by atoms with Gasteiger partial charge in [-0.1, -0.05) is 0 Å². The Morgan fingerprint density at radius 2 is 1.69 bits per heavy atom. The number of hydrogen-bond donors (Lipinski definition) is 1. The molecule has 0 aliphatic rings. The second kappa shape index (κ2) is 7.28. The van der Waals surface area contributed by atoms with E-state index in [1.165, 1.54) is 30.5 Å². The number of carbonyl (C=O) groups is 1. The van der Waals surface area contributed by atoms with Crippen molar-refractivity contribution in [3.05, 3.63) is 48.0 Å². The Hall–Kier alpha value is -2.68. The van der Waals surface area contributed by atoms with E-state index in [0.717, 1.165) is 18.2 Å². The fourth-order valence-electron chi connectivity index (χ4n) is 1.93. The van der Waals surface area contributed by atoms with Crippen LogP contribution in [0.25, 0.3) is 0 Å². The second-order valence-corrected chi connectivity index (χ2v) is 7.96. The first-order valence-electron chi connectivity index (χ1n) is 7.12. The van der Waals surface area contributed by atoms with Crippen LogP contribution in [0.5, 0.6) is 17.2 Å². The van der Waals surface area contributed by atoms with Crippen molar-refractivity contribution in [3.63, 3.8) is 0 Å². The summed E-state index contributed by atoms with van der Waals surface area (Å²) in [6.07, 6.45) is -3.08. The lowest BCUT2D eigenvalue weighted by Gasteiger charge is -2.12. The third-order valence-electron chi connectivity index (χ3n) is 3.09. The Balaban J connectivity index is 2.27. The molecule has 0 bridgehead atoms. The molecule has 2 aromatic carbocycles. The summed E-state index contributed by atoms with van der Waals surface area (Å²) in [6, 6.07) is 9.33. The maximum Gasteiger partial charge on any atom is 0.422 e. The molecule has 9 heteroatoms. The van der Waals surface area contributed by atoms with Crippen molar-refractivity contribution in [2.45, 2.75) is 11.1 Å². The Labute approximate surface area is 148 Å². The van der Waals surface area contributed by atoms with Crippen LogP contribution in [0.3, 0.4) is 0 Å². The lowest BCUT2D eigenvalue weighted by Crippen LogP contribution is -2.19. The summed E-state index contributed by atoms with van der Waals surface area (Å²) in [5.74, 6) is 2.19. The third kappa shape index (κ3) is 5.69. The summed E-state index contributed by atoms with van der Waals surface area (Å²) in [5, 5.41) is 9.08. The van der Waals surface area contributed by atoms with Crippen LogP contribution in [0.4, 0.5) is 13.2 Å². The molecule has 140 valence electrons. The van der Waals surface area contributed by atoms with Crippen molar-refractivity contribution >= 4 is 21.4 Å². The normalized spacial score (nSPS) is 13.7. The molecule has 1 unspecified atom stereocenters. The number of aromatic carboxylic acids is 1. The largest absolute Gasteiger partial charge is 0.484 e. The fraction of sp³-hybridized carbons (Fsp3) is 0.176. The summed E-state index contributed by atoms with van der Waals surface area (Å²) in [5.41, 5.74) is -0.286. The predicted octanol–water partition coefficient (Wildman–Crippen LogP) is 3.82. The molecule has 2 aromatic rings. The van der Waals surface area contributed by atoms with E-state index in [9.17, 15) is 22.2 Å². The monoisotopic (exact) mass is 388 g/mol. The Morgan fingerprint density at radius 3 is 2.19 bits per heavy atom. The van der Waals surface area contributed by atoms with Crippen molar-refractivity contribution < 1.29 is 36.8 Å². The van der Waals surface area contributed by atoms with Gasteiger partial charge in [0.25, 0.3) is 0 Å².